The number of nitrogens with zero attached hydrogens (tertiary/aromatic N) is 1. The zero-order valence-corrected chi connectivity index (χ0v) is 16.2. The summed E-state index contributed by atoms with van der Waals surface area (Å²) >= 11 is 0. The Hall–Kier alpha value is -1.79. The maximum absolute atomic E-state index is 12.8. The van der Waals surface area contributed by atoms with Crippen molar-refractivity contribution in [3.05, 3.63) is 23.3 Å². The van der Waals surface area contributed by atoms with Crippen molar-refractivity contribution in [1.29, 1.82) is 0 Å². The number of aryl methyl sites for hydroxylation is 1. The number of likely N-dealkylation sites (N-methyl/N-ethyl adjacent to an activating group) is 1. The molecule has 1 aromatic carbocycles. The van der Waals surface area contributed by atoms with Crippen LogP contribution in [0, 0.1) is 0 Å². The summed E-state index contributed by atoms with van der Waals surface area (Å²) in [7, 11) is 3.13. The summed E-state index contributed by atoms with van der Waals surface area (Å²) in [5.41, 5.74) is 1.52. The molecule has 1 saturated heterocycles. The number of carbonyl (C=O) groups is 1. The Kier molecular flexibility index (Phi) is 8.19. The zero-order chi connectivity index (χ0) is 18.9. The highest BCUT2D eigenvalue weighted by molar-refractivity contribution is 5.98. The van der Waals surface area contributed by atoms with Crippen LogP contribution in [0.2, 0.25) is 0 Å². The van der Waals surface area contributed by atoms with Crippen molar-refractivity contribution in [3.63, 3.8) is 0 Å². The van der Waals surface area contributed by atoms with Crippen molar-refractivity contribution in [2.24, 2.45) is 0 Å². The third kappa shape index (κ3) is 5.11. The summed E-state index contributed by atoms with van der Waals surface area (Å²) in [6.45, 7) is 5.10. The highest BCUT2D eigenvalue weighted by atomic mass is 16.5. The second-order valence-electron chi connectivity index (χ2n) is 6.69. The lowest BCUT2D eigenvalue weighted by Gasteiger charge is -2.23. The average Bonchev–Trinajstić information content (AvgIpc) is 3.13. The Labute approximate surface area is 156 Å². The molecule has 2 rings (SSSR count). The maximum Gasteiger partial charge on any atom is 0.255 e. The molecule has 1 amide bonds. The number of hydrogen-bond donors (Lipinski definition) is 2. The van der Waals surface area contributed by atoms with E-state index in [2.05, 4.69) is 17.1 Å². The van der Waals surface area contributed by atoms with E-state index in [1.54, 1.807) is 14.2 Å². The third-order valence-corrected chi connectivity index (χ3v) is 5.06. The summed E-state index contributed by atoms with van der Waals surface area (Å²) in [4.78, 5) is 15.2. The minimum absolute atomic E-state index is 0.132. The number of benzene rings is 1. The number of ether oxygens (including phenoxy) is 2. The van der Waals surface area contributed by atoms with Gasteiger partial charge in [0, 0.05) is 19.2 Å². The molecule has 6 nitrogen and oxygen atoms in total. The predicted molar refractivity (Wildman–Crippen MR) is 102 cm³/mol. The van der Waals surface area contributed by atoms with Crippen LogP contribution in [0.5, 0.6) is 11.5 Å². The lowest BCUT2D eigenvalue weighted by Crippen LogP contribution is -2.40. The molecule has 0 bridgehead atoms. The topological polar surface area (TPSA) is 71.0 Å². The molecule has 0 spiro atoms. The lowest BCUT2D eigenvalue weighted by molar-refractivity contribution is 0.0937. The Morgan fingerprint density at radius 1 is 1.31 bits per heavy atom. The molecule has 1 fully saturated rings. The molecular weight excluding hydrogens is 332 g/mol. The predicted octanol–water partition coefficient (Wildman–Crippen LogP) is 2.23. The van der Waals surface area contributed by atoms with Gasteiger partial charge in [-0.15, -0.1) is 0 Å². The van der Waals surface area contributed by atoms with E-state index in [9.17, 15) is 4.79 Å². The van der Waals surface area contributed by atoms with E-state index in [0.29, 0.717) is 29.6 Å². The number of amides is 1. The van der Waals surface area contributed by atoms with Gasteiger partial charge in [-0.2, -0.15) is 0 Å². The lowest BCUT2D eigenvalue weighted by atomic mass is 10.0. The normalized spacial score (nSPS) is 17.3. The smallest absolute Gasteiger partial charge is 0.255 e. The van der Waals surface area contributed by atoms with Gasteiger partial charge in [-0.05, 0) is 62.9 Å². The molecule has 0 aliphatic carbocycles. The Balaban J connectivity index is 2.13. The van der Waals surface area contributed by atoms with Crippen LogP contribution in [0.15, 0.2) is 12.1 Å². The fourth-order valence-electron chi connectivity index (χ4n) is 3.62. The first-order valence-corrected chi connectivity index (χ1v) is 9.52. The number of rotatable bonds is 10. The SMILES string of the molecule is CCN1CCC[C@H]1CNC(=O)c1cc(CCCCO)cc(OC)c1OC. The van der Waals surface area contributed by atoms with Gasteiger partial charge >= 0.3 is 0 Å². The standard InChI is InChI=1S/C20H32N2O4/c1-4-22-10-7-9-16(22)14-21-20(24)17-12-15(8-5-6-11-23)13-18(25-2)19(17)26-3/h12-13,16,23H,4-11,14H2,1-3H3,(H,21,24)/t16-/m0/s1. The number of hydrogen-bond acceptors (Lipinski definition) is 5. The molecule has 6 heteroatoms. The van der Waals surface area contributed by atoms with Crippen LogP contribution in [0.25, 0.3) is 0 Å². The molecule has 1 aromatic rings. The number of methoxy groups -OCH3 is 2. The van der Waals surface area contributed by atoms with Crippen LogP contribution >= 0.6 is 0 Å². The summed E-state index contributed by atoms with van der Waals surface area (Å²) in [6, 6.07) is 4.19. The van der Waals surface area contributed by atoms with E-state index in [1.807, 2.05) is 12.1 Å². The van der Waals surface area contributed by atoms with E-state index >= 15 is 0 Å². The third-order valence-electron chi connectivity index (χ3n) is 5.06. The first kappa shape index (κ1) is 20.5. The molecule has 0 aromatic heterocycles. The quantitative estimate of drug-likeness (QED) is 0.623. The monoisotopic (exact) mass is 364 g/mol. The fourth-order valence-corrected chi connectivity index (χ4v) is 3.62. The van der Waals surface area contributed by atoms with Crippen molar-refractivity contribution < 1.29 is 19.4 Å². The molecule has 0 radical (unpaired) electrons. The number of nitrogens with one attached hydrogen (secondary N) is 1. The number of aliphatic hydroxyl groups is 1. The number of aliphatic hydroxyl groups excluding tert-OH is 1. The minimum Gasteiger partial charge on any atom is -0.493 e. The molecule has 1 aliphatic heterocycles. The highest BCUT2D eigenvalue weighted by Crippen LogP contribution is 2.33. The van der Waals surface area contributed by atoms with Gasteiger partial charge in [-0.3, -0.25) is 9.69 Å². The van der Waals surface area contributed by atoms with Gasteiger partial charge in [0.25, 0.3) is 5.91 Å². The molecule has 1 heterocycles. The van der Waals surface area contributed by atoms with Crippen LogP contribution in [0.3, 0.4) is 0 Å². The minimum atomic E-state index is -0.132. The molecule has 0 saturated carbocycles. The highest BCUT2D eigenvalue weighted by Gasteiger charge is 2.24. The second-order valence-corrected chi connectivity index (χ2v) is 6.69. The average molecular weight is 364 g/mol. The van der Waals surface area contributed by atoms with Gasteiger partial charge in [0.1, 0.15) is 0 Å². The van der Waals surface area contributed by atoms with Gasteiger partial charge < -0.3 is 19.9 Å². The van der Waals surface area contributed by atoms with E-state index in [-0.39, 0.29) is 12.5 Å². The molecule has 146 valence electrons. The van der Waals surface area contributed by atoms with Gasteiger partial charge in [0.15, 0.2) is 11.5 Å². The van der Waals surface area contributed by atoms with Crippen LogP contribution in [0.1, 0.15) is 48.5 Å². The van der Waals surface area contributed by atoms with E-state index in [1.165, 1.54) is 6.42 Å². The fraction of sp³-hybridized carbons (Fsp3) is 0.650. The van der Waals surface area contributed by atoms with Crippen LogP contribution in [0.4, 0.5) is 0 Å². The number of likely N-dealkylation sites (tertiary alicyclic amines) is 1. The maximum atomic E-state index is 12.8. The van der Waals surface area contributed by atoms with Crippen LogP contribution in [-0.4, -0.2) is 62.4 Å². The largest absolute Gasteiger partial charge is 0.493 e. The van der Waals surface area contributed by atoms with Gasteiger partial charge in [0.2, 0.25) is 0 Å². The van der Waals surface area contributed by atoms with Gasteiger partial charge in [0.05, 0.1) is 19.8 Å². The molecular formula is C20H32N2O4. The van der Waals surface area contributed by atoms with Crippen molar-refractivity contribution in [2.45, 2.75) is 45.1 Å². The van der Waals surface area contributed by atoms with Crippen LogP contribution < -0.4 is 14.8 Å². The van der Waals surface area contributed by atoms with Crippen molar-refractivity contribution in [3.8, 4) is 11.5 Å². The Morgan fingerprint density at radius 2 is 2.12 bits per heavy atom. The van der Waals surface area contributed by atoms with E-state index in [0.717, 1.165) is 44.3 Å². The number of carbonyl (C=O) groups excluding carboxylic acids is 1. The van der Waals surface area contributed by atoms with Crippen molar-refractivity contribution in [2.75, 3.05) is 40.5 Å². The van der Waals surface area contributed by atoms with E-state index < -0.39 is 0 Å². The van der Waals surface area contributed by atoms with Crippen LogP contribution in [-0.2, 0) is 6.42 Å². The first-order valence-electron chi connectivity index (χ1n) is 9.52. The van der Waals surface area contributed by atoms with Crippen molar-refractivity contribution >= 4 is 5.91 Å². The summed E-state index contributed by atoms with van der Waals surface area (Å²) in [6.07, 6.45) is 4.69. The summed E-state index contributed by atoms with van der Waals surface area (Å²) < 4.78 is 10.9. The van der Waals surface area contributed by atoms with E-state index in [4.69, 9.17) is 14.6 Å². The van der Waals surface area contributed by atoms with Gasteiger partial charge in [-0.25, -0.2) is 0 Å². The molecule has 26 heavy (non-hydrogen) atoms. The molecule has 1 atom stereocenters. The molecule has 2 N–H and O–H groups in total. The number of unbranched alkanes of at least 4 members (excludes halogenated alkanes) is 1. The first-order chi connectivity index (χ1) is 12.6. The zero-order valence-electron chi connectivity index (χ0n) is 16.2. The Bertz CT molecular complexity index is 591. The Morgan fingerprint density at radius 3 is 2.77 bits per heavy atom. The molecule has 1 aliphatic rings. The van der Waals surface area contributed by atoms with Gasteiger partial charge in [-0.1, -0.05) is 6.92 Å². The molecule has 0 unspecified atom stereocenters. The van der Waals surface area contributed by atoms with Crippen molar-refractivity contribution in [1.82, 2.24) is 10.2 Å². The summed E-state index contributed by atoms with van der Waals surface area (Å²) in [5, 5.41) is 12.0. The summed E-state index contributed by atoms with van der Waals surface area (Å²) in [5.74, 6) is 0.900. The second kappa shape index (κ2) is 10.4.